The van der Waals surface area contributed by atoms with Gasteiger partial charge in [0.05, 0.1) is 6.10 Å². The van der Waals surface area contributed by atoms with Crippen molar-refractivity contribution in [2.75, 3.05) is 13.2 Å². The SMILES string of the molecule is CCCCCCCCOC1CCC(CO[SiH](c2ccccc2)c2ccccc2)CC1. The van der Waals surface area contributed by atoms with Crippen LogP contribution in [-0.2, 0) is 9.16 Å². The highest BCUT2D eigenvalue weighted by Gasteiger charge is 2.24. The van der Waals surface area contributed by atoms with Gasteiger partial charge in [0.25, 0.3) is 0 Å². The molecule has 1 saturated carbocycles. The average Bonchev–Trinajstić information content (AvgIpc) is 2.81. The molecular weight excluding hydrogens is 384 g/mol. The van der Waals surface area contributed by atoms with Crippen LogP contribution in [0, 0.1) is 5.92 Å². The van der Waals surface area contributed by atoms with Gasteiger partial charge in [-0.25, -0.2) is 0 Å². The molecule has 0 bridgehead atoms. The van der Waals surface area contributed by atoms with Gasteiger partial charge in [-0.3, -0.25) is 0 Å². The molecule has 2 aromatic rings. The van der Waals surface area contributed by atoms with E-state index in [0.29, 0.717) is 12.0 Å². The Balaban J connectivity index is 1.38. The van der Waals surface area contributed by atoms with Gasteiger partial charge >= 0.3 is 0 Å². The summed E-state index contributed by atoms with van der Waals surface area (Å²) in [6.45, 7) is 4.12. The summed E-state index contributed by atoms with van der Waals surface area (Å²) in [7, 11) is -1.60. The van der Waals surface area contributed by atoms with Crippen LogP contribution < -0.4 is 10.4 Å². The van der Waals surface area contributed by atoms with Crippen molar-refractivity contribution < 1.29 is 9.16 Å². The molecular formula is C27H40O2Si. The molecule has 0 unspecified atom stereocenters. The van der Waals surface area contributed by atoms with E-state index in [0.717, 1.165) is 13.2 Å². The van der Waals surface area contributed by atoms with Gasteiger partial charge in [0, 0.05) is 13.2 Å². The van der Waals surface area contributed by atoms with Crippen molar-refractivity contribution in [1.82, 2.24) is 0 Å². The maximum atomic E-state index is 6.63. The predicted molar refractivity (Wildman–Crippen MR) is 130 cm³/mol. The maximum absolute atomic E-state index is 6.63. The first-order chi connectivity index (χ1) is 14.9. The molecule has 0 heterocycles. The normalized spacial score (nSPS) is 19.3. The van der Waals surface area contributed by atoms with Gasteiger partial charge < -0.3 is 9.16 Å². The zero-order valence-electron chi connectivity index (χ0n) is 18.8. The highest BCUT2D eigenvalue weighted by Crippen LogP contribution is 2.27. The highest BCUT2D eigenvalue weighted by atomic mass is 28.3. The van der Waals surface area contributed by atoms with Crippen molar-refractivity contribution in [2.45, 2.75) is 77.2 Å². The molecule has 30 heavy (non-hydrogen) atoms. The number of unbranched alkanes of at least 4 members (excludes halogenated alkanes) is 5. The Hall–Kier alpha value is -1.42. The molecule has 0 saturated heterocycles. The van der Waals surface area contributed by atoms with Crippen LogP contribution in [-0.4, -0.2) is 28.4 Å². The van der Waals surface area contributed by atoms with E-state index in [-0.39, 0.29) is 0 Å². The van der Waals surface area contributed by atoms with E-state index in [1.165, 1.54) is 74.6 Å². The van der Waals surface area contributed by atoms with E-state index in [9.17, 15) is 0 Å². The summed E-state index contributed by atoms with van der Waals surface area (Å²) >= 11 is 0. The summed E-state index contributed by atoms with van der Waals surface area (Å²) < 4.78 is 12.8. The molecule has 1 aliphatic carbocycles. The third-order valence-corrected chi connectivity index (χ3v) is 8.86. The molecule has 0 aliphatic heterocycles. The Kier molecular flexibility index (Phi) is 10.7. The predicted octanol–water partition coefficient (Wildman–Crippen LogP) is 5.48. The van der Waals surface area contributed by atoms with Crippen LogP contribution in [0.3, 0.4) is 0 Å². The maximum Gasteiger partial charge on any atom is 0.239 e. The summed E-state index contributed by atoms with van der Waals surface area (Å²) in [5, 5.41) is 2.75. The fourth-order valence-electron chi connectivity index (χ4n) is 4.47. The molecule has 164 valence electrons. The van der Waals surface area contributed by atoms with E-state index in [2.05, 4.69) is 67.6 Å². The lowest BCUT2D eigenvalue weighted by atomic mass is 9.88. The van der Waals surface area contributed by atoms with Crippen LogP contribution in [0.2, 0.25) is 0 Å². The minimum absolute atomic E-state index is 0.480. The Bertz CT molecular complexity index is 628. The zero-order valence-corrected chi connectivity index (χ0v) is 20.0. The zero-order chi connectivity index (χ0) is 20.9. The molecule has 3 rings (SSSR count). The van der Waals surface area contributed by atoms with E-state index in [1.807, 2.05) is 0 Å². The fraction of sp³-hybridized carbons (Fsp3) is 0.556. The summed E-state index contributed by atoms with van der Waals surface area (Å²) in [4.78, 5) is 0. The first-order valence-electron chi connectivity index (χ1n) is 12.2. The fourth-order valence-corrected chi connectivity index (χ4v) is 6.85. The van der Waals surface area contributed by atoms with Crippen LogP contribution in [0.5, 0.6) is 0 Å². The lowest BCUT2D eigenvalue weighted by molar-refractivity contribution is 0.0111. The largest absolute Gasteiger partial charge is 0.411 e. The number of rotatable bonds is 13. The summed E-state index contributed by atoms with van der Waals surface area (Å²) in [5.41, 5.74) is 0. The molecule has 0 atom stereocenters. The van der Waals surface area contributed by atoms with Crippen molar-refractivity contribution >= 4 is 19.4 Å². The Morgan fingerprint density at radius 1 is 0.733 bits per heavy atom. The second kappa shape index (κ2) is 13.8. The van der Waals surface area contributed by atoms with E-state index in [4.69, 9.17) is 9.16 Å². The Labute approximate surface area is 185 Å². The quantitative estimate of drug-likeness (QED) is 0.313. The first-order valence-corrected chi connectivity index (χ1v) is 13.8. The van der Waals surface area contributed by atoms with Crippen molar-refractivity contribution in [2.24, 2.45) is 5.92 Å². The smallest absolute Gasteiger partial charge is 0.239 e. The van der Waals surface area contributed by atoms with E-state index in [1.54, 1.807) is 0 Å². The average molecular weight is 425 g/mol. The molecule has 1 aliphatic rings. The van der Waals surface area contributed by atoms with Gasteiger partial charge in [0.2, 0.25) is 9.04 Å². The van der Waals surface area contributed by atoms with Crippen molar-refractivity contribution in [3.8, 4) is 0 Å². The lowest BCUT2D eigenvalue weighted by Gasteiger charge is -2.30. The summed E-state index contributed by atoms with van der Waals surface area (Å²) in [5.74, 6) is 0.682. The molecule has 0 amide bonds. The van der Waals surface area contributed by atoms with Gasteiger partial charge in [0.1, 0.15) is 0 Å². The van der Waals surface area contributed by atoms with Crippen LogP contribution >= 0.6 is 0 Å². The minimum Gasteiger partial charge on any atom is -0.411 e. The van der Waals surface area contributed by atoms with Gasteiger partial charge in [-0.05, 0) is 48.4 Å². The van der Waals surface area contributed by atoms with Gasteiger partial charge in [-0.15, -0.1) is 0 Å². The Morgan fingerprint density at radius 3 is 1.90 bits per heavy atom. The molecule has 2 nitrogen and oxygen atoms in total. The van der Waals surface area contributed by atoms with Crippen LogP contribution in [0.4, 0.5) is 0 Å². The highest BCUT2D eigenvalue weighted by molar-refractivity contribution is 6.80. The molecule has 0 spiro atoms. The lowest BCUT2D eigenvalue weighted by Crippen LogP contribution is -2.46. The van der Waals surface area contributed by atoms with Crippen molar-refractivity contribution in [3.05, 3.63) is 60.7 Å². The number of hydrogen-bond donors (Lipinski definition) is 0. The topological polar surface area (TPSA) is 18.5 Å². The third-order valence-electron chi connectivity index (χ3n) is 6.35. The molecule has 3 heteroatoms. The van der Waals surface area contributed by atoms with Gasteiger partial charge in [-0.2, -0.15) is 0 Å². The van der Waals surface area contributed by atoms with Crippen LogP contribution in [0.25, 0.3) is 0 Å². The van der Waals surface area contributed by atoms with Crippen molar-refractivity contribution in [3.63, 3.8) is 0 Å². The minimum atomic E-state index is -1.60. The molecule has 2 aromatic carbocycles. The number of ether oxygens (including phenoxy) is 1. The summed E-state index contributed by atoms with van der Waals surface area (Å²) in [6, 6.07) is 21.6. The van der Waals surface area contributed by atoms with Gasteiger partial charge in [-0.1, -0.05) is 99.7 Å². The van der Waals surface area contributed by atoms with Crippen LogP contribution in [0.15, 0.2) is 60.7 Å². The third kappa shape index (κ3) is 8.01. The molecule has 0 radical (unpaired) electrons. The number of hydrogen-bond acceptors (Lipinski definition) is 2. The monoisotopic (exact) mass is 424 g/mol. The standard InChI is InChI=1S/C27H40O2Si/c1-2-3-4-5-6-13-22-28-25-20-18-24(19-21-25)23-29-30(26-14-9-7-10-15-26)27-16-11-8-12-17-27/h7-12,14-17,24-25,30H,2-6,13,18-23H2,1H3. The second-order valence-electron chi connectivity index (χ2n) is 8.82. The van der Waals surface area contributed by atoms with Crippen molar-refractivity contribution in [1.29, 1.82) is 0 Å². The molecule has 1 fully saturated rings. The number of benzene rings is 2. The molecule has 0 N–H and O–H groups in total. The second-order valence-corrected chi connectivity index (χ2v) is 11.2. The van der Waals surface area contributed by atoms with Gasteiger partial charge in [0.15, 0.2) is 0 Å². The molecule has 0 aromatic heterocycles. The first kappa shape index (κ1) is 23.2. The van der Waals surface area contributed by atoms with Crippen LogP contribution in [0.1, 0.15) is 71.1 Å². The van der Waals surface area contributed by atoms with E-state index >= 15 is 0 Å². The summed E-state index contributed by atoms with van der Waals surface area (Å²) in [6.07, 6.45) is 13.4. The van der Waals surface area contributed by atoms with E-state index < -0.39 is 9.04 Å². The Morgan fingerprint density at radius 2 is 1.30 bits per heavy atom.